The van der Waals surface area contributed by atoms with E-state index in [1.54, 1.807) is 18.3 Å². The van der Waals surface area contributed by atoms with Gasteiger partial charge in [0.2, 0.25) is 6.41 Å². The van der Waals surface area contributed by atoms with E-state index in [0.717, 1.165) is 5.56 Å². The Morgan fingerprint density at radius 3 is 2.92 bits per heavy atom. The summed E-state index contributed by atoms with van der Waals surface area (Å²) in [5, 5.41) is 3.10. The van der Waals surface area contributed by atoms with Crippen molar-refractivity contribution in [1.82, 2.24) is 5.32 Å². The van der Waals surface area contributed by atoms with Gasteiger partial charge in [-0.25, -0.2) is 0 Å². The van der Waals surface area contributed by atoms with Crippen molar-refractivity contribution in [2.45, 2.75) is 0 Å². The van der Waals surface area contributed by atoms with E-state index in [2.05, 4.69) is 5.32 Å². The zero-order valence-electron chi connectivity index (χ0n) is 6.33. The molecule has 12 heavy (non-hydrogen) atoms. The third kappa shape index (κ3) is 2.76. The van der Waals surface area contributed by atoms with E-state index in [-0.39, 0.29) is 0 Å². The Bertz CT molecular complexity index is 296. The Morgan fingerprint density at radius 1 is 1.42 bits per heavy atom. The molecule has 0 unspecified atom stereocenters. The number of carbonyl (C=O) groups excluding carboxylic acids is 1. The molecule has 1 rings (SSSR count). The van der Waals surface area contributed by atoms with Crippen LogP contribution in [0.15, 0.2) is 30.5 Å². The van der Waals surface area contributed by atoms with Crippen molar-refractivity contribution in [3.8, 4) is 0 Å². The second-order valence-corrected chi connectivity index (χ2v) is 2.61. The Hall–Kier alpha value is -1.28. The highest BCUT2D eigenvalue weighted by Gasteiger charge is 1.87. The maximum atomic E-state index is 9.87. The highest BCUT2D eigenvalue weighted by atomic mass is 35.5. The molecule has 0 saturated carbocycles. The lowest BCUT2D eigenvalue weighted by molar-refractivity contribution is -0.108. The fourth-order valence-electron chi connectivity index (χ4n) is 0.794. The van der Waals surface area contributed by atoms with Crippen LogP contribution in [-0.4, -0.2) is 6.41 Å². The summed E-state index contributed by atoms with van der Waals surface area (Å²) in [6.45, 7) is 0. The minimum atomic E-state index is 0.612. The number of amides is 1. The molecule has 0 heterocycles. The molecule has 0 radical (unpaired) electrons. The third-order valence-corrected chi connectivity index (χ3v) is 1.52. The predicted octanol–water partition coefficient (Wildman–Crippen LogP) is 2.06. The lowest BCUT2D eigenvalue weighted by Crippen LogP contribution is -1.97. The fourth-order valence-corrected chi connectivity index (χ4v) is 0.993. The number of benzene rings is 1. The van der Waals surface area contributed by atoms with Crippen LogP contribution < -0.4 is 5.32 Å². The standard InChI is InChI=1S/C9H8ClNO/c10-9-3-1-2-8(6-9)4-5-11-7-12/h1-7H,(H,11,12)/b5-4+. The van der Waals surface area contributed by atoms with Gasteiger partial charge in [-0.3, -0.25) is 4.79 Å². The summed E-state index contributed by atoms with van der Waals surface area (Å²) in [5.41, 5.74) is 0.955. The van der Waals surface area contributed by atoms with Crippen LogP contribution in [0.2, 0.25) is 5.02 Å². The molecular weight excluding hydrogens is 174 g/mol. The van der Waals surface area contributed by atoms with Gasteiger partial charge in [-0.15, -0.1) is 0 Å². The normalized spacial score (nSPS) is 10.1. The Kier molecular flexibility index (Phi) is 3.35. The summed E-state index contributed by atoms with van der Waals surface area (Å²) in [6.07, 6.45) is 3.93. The van der Waals surface area contributed by atoms with Crippen LogP contribution >= 0.6 is 11.6 Å². The van der Waals surface area contributed by atoms with Crippen molar-refractivity contribution in [2.24, 2.45) is 0 Å². The van der Waals surface area contributed by atoms with Crippen LogP contribution in [0.25, 0.3) is 6.08 Å². The summed E-state index contributed by atoms with van der Waals surface area (Å²) in [6, 6.07) is 7.36. The zero-order valence-corrected chi connectivity index (χ0v) is 7.08. The molecule has 0 aliphatic rings. The van der Waals surface area contributed by atoms with E-state index in [1.807, 2.05) is 18.2 Å². The van der Waals surface area contributed by atoms with E-state index in [4.69, 9.17) is 11.6 Å². The van der Waals surface area contributed by atoms with Crippen LogP contribution in [0.3, 0.4) is 0 Å². The number of hydrogen-bond acceptors (Lipinski definition) is 1. The third-order valence-electron chi connectivity index (χ3n) is 1.29. The zero-order chi connectivity index (χ0) is 8.81. The van der Waals surface area contributed by atoms with Crippen molar-refractivity contribution in [3.05, 3.63) is 41.1 Å². The topological polar surface area (TPSA) is 29.1 Å². The minimum absolute atomic E-state index is 0.612. The molecule has 0 bridgehead atoms. The lowest BCUT2D eigenvalue weighted by Gasteiger charge is -1.92. The van der Waals surface area contributed by atoms with Gasteiger partial charge in [-0.05, 0) is 23.8 Å². The van der Waals surface area contributed by atoms with E-state index in [1.165, 1.54) is 0 Å². The molecule has 62 valence electrons. The average Bonchev–Trinajstić information content (AvgIpc) is 2.05. The van der Waals surface area contributed by atoms with Gasteiger partial charge < -0.3 is 5.32 Å². The Morgan fingerprint density at radius 2 is 2.25 bits per heavy atom. The van der Waals surface area contributed by atoms with Gasteiger partial charge in [0.25, 0.3) is 0 Å². The van der Waals surface area contributed by atoms with Crippen LogP contribution in [0.1, 0.15) is 5.56 Å². The molecule has 1 N–H and O–H groups in total. The van der Waals surface area contributed by atoms with Gasteiger partial charge in [-0.2, -0.15) is 0 Å². The van der Waals surface area contributed by atoms with E-state index in [0.29, 0.717) is 11.4 Å². The number of hydrogen-bond donors (Lipinski definition) is 1. The number of carbonyl (C=O) groups is 1. The van der Waals surface area contributed by atoms with Crippen molar-refractivity contribution in [3.63, 3.8) is 0 Å². The smallest absolute Gasteiger partial charge is 0.211 e. The Balaban J connectivity index is 2.69. The van der Waals surface area contributed by atoms with Gasteiger partial charge in [0.15, 0.2) is 0 Å². The van der Waals surface area contributed by atoms with Gasteiger partial charge >= 0.3 is 0 Å². The summed E-state index contributed by atoms with van der Waals surface area (Å²) >= 11 is 5.73. The van der Waals surface area contributed by atoms with E-state index < -0.39 is 0 Å². The maximum absolute atomic E-state index is 9.87. The Labute approximate surface area is 75.9 Å². The minimum Gasteiger partial charge on any atom is -0.335 e. The highest BCUT2D eigenvalue weighted by molar-refractivity contribution is 6.30. The number of halogens is 1. The second-order valence-electron chi connectivity index (χ2n) is 2.17. The summed E-state index contributed by atoms with van der Waals surface area (Å²) in [5.74, 6) is 0. The number of rotatable bonds is 3. The quantitative estimate of drug-likeness (QED) is 0.711. The van der Waals surface area contributed by atoms with Gasteiger partial charge in [0, 0.05) is 11.2 Å². The molecular formula is C9H8ClNO. The molecule has 0 saturated heterocycles. The van der Waals surface area contributed by atoms with E-state index >= 15 is 0 Å². The molecule has 0 spiro atoms. The maximum Gasteiger partial charge on any atom is 0.211 e. The van der Waals surface area contributed by atoms with E-state index in [9.17, 15) is 4.79 Å². The summed E-state index contributed by atoms with van der Waals surface area (Å²) < 4.78 is 0. The van der Waals surface area contributed by atoms with Gasteiger partial charge in [-0.1, -0.05) is 23.7 Å². The molecule has 1 aromatic rings. The van der Waals surface area contributed by atoms with Crippen molar-refractivity contribution in [2.75, 3.05) is 0 Å². The molecule has 0 atom stereocenters. The first-order chi connectivity index (χ1) is 5.83. The highest BCUT2D eigenvalue weighted by Crippen LogP contribution is 2.11. The molecule has 0 aliphatic heterocycles. The first-order valence-electron chi connectivity index (χ1n) is 3.45. The summed E-state index contributed by atoms with van der Waals surface area (Å²) in [4.78, 5) is 9.87. The summed E-state index contributed by atoms with van der Waals surface area (Å²) in [7, 11) is 0. The fraction of sp³-hybridized carbons (Fsp3) is 0. The first kappa shape index (κ1) is 8.81. The second kappa shape index (κ2) is 4.57. The average molecular weight is 182 g/mol. The van der Waals surface area contributed by atoms with Crippen LogP contribution in [0.5, 0.6) is 0 Å². The molecule has 0 aromatic heterocycles. The molecule has 2 nitrogen and oxygen atoms in total. The molecule has 1 amide bonds. The SMILES string of the molecule is O=CN/C=C/c1cccc(Cl)c1. The molecule has 1 aromatic carbocycles. The van der Waals surface area contributed by atoms with Crippen LogP contribution in [-0.2, 0) is 4.79 Å². The lowest BCUT2D eigenvalue weighted by atomic mass is 10.2. The number of nitrogens with one attached hydrogen (secondary N) is 1. The predicted molar refractivity (Wildman–Crippen MR) is 49.7 cm³/mol. The van der Waals surface area contributed by atoms with Crippen LogP contribution in [0.4, 0.5) is 0 Å². The largest absolute Gasteiger partial charge is 0.335 e. The molecule has 3 heteroatoms. The first-order valence-corrected chi connectivity index (χ1v) is 3.82. The molecule has 0 aliphatic carbocycles. The van der Waals surface area contributed by atoms with Crippen LogP contribution in [0, 0.1) is 0 Å². The van der Waals surface area contributed by atoms with Gasteiger partial charge in [0.1, 0.15) is 0 Å². The van der Waals surface area contributed by atoms with Gasteiger partial charge in [0.05, 0.1) is 0 Å². The molecule has 0 fully saturated rings. The van der Waals surface area contributed by atoms with Crippen molar-refractivity contribution >= 4 is 24.1 Å². The van der Waals surface area contributed by atoms with Crippen molar-refractivity contribution in [1.29, 1.82) is 0 Å². The monoisotopic (exact) mass is 181 g/mol. The van der Waals surface area contributed by atoms with Crippen molar-refractivity contribution < 1.29 is 4.79 Å².